The first-order chi connectivity index (χ1) is 8.41. The van der Waals surface area contributed by atoms with Gasteiger partial charge >= 0.3 is 7.12 Å². The SMILES string of the molecule is [2H]C([2H])([2H])C([2H])(c1ccc(B(O)O)cn1)C([2H])([2H])[2H]. The summed E-state index contributed by atoms with van der Waals surface area (Å²) in [4.78, 5) is 3.58. The number of hydrogen-bond donors (Lipinski definition) is 2. The maximum atomic E-state index is 8.88. The summed E-state index contributed by atoms with van der Waals surface area (Å²) in [6.07, 6.45) is 0.931. The van der Waals surface area contributed by atoms with E-state index in [0.29, 0.717) is 0 Å². The molecule has 0 unspecified atom stereocenters. The van der Waals surface area contributed by atoms with E-state index in [-0.39, 0.29) is 5.46 Å². The van der Waals surface area contributed by atoms with E-state index in [4.69, 9.17) is 19.6 Å². The summed E-state index contributed by atoms with van der Waals surface area (Å²) in [6.45, 7) is -6.21. The Hall–Kier alpha value is -0.865. The van der Waals surface area contributed by atoms with Crippen LogP contribution in [0.25, 0.3) is 0 Å². The summed E-state index contributed by atoms with van der Waals surface area (Å²) in [7, 11) is -1.80. The fraction of sp³-hybridized carbons (Fsp3) is 0.375. The van der Waals surface area contributed by atoms with Crippen molar-refractivity contribution < 1.29 is 19.6 Å². The topological polar surface area (TPSA) is 53.4 Å². The quantitative estimate of drug-likeness (QED) is 0.611. The molecular weight excluding hydrogens is 153 g/mol. The summed E-state index contributed by atoms with van der Waals surface area (Å²) >= 11 is 0. The molecule has 1 heterocycles. The number of rotatable bonds is 2. The highest BCUT2D eigenvalue weighted by molar-refractivity contribution is 6.58. The average molecular weight is 172 g/mol. The lowest BCUT2D eigenvalue weighted by atomic mass is 9.81. The van der Waals surface area contributed by atoms with Crippen molar-refractivity contribution in [3.05, 3.63) is 24.0 Å². The molecule has 2 N–H and O–H groups in total. The second-order valence-corrected chi connectivity index (χ2v) is 2.23. The van der Waals surface area contributed by atoms with Crippen molar-refractivity contribution in [1.82, 2.24) is 4.98 Å². The van der Waals surface area contributed by atoms with Gasteiger partial charge in [-0.25, -0.2) is 0 Å². The Bertz CT molecular complexity index is 428. The molecule has 0 amide bonds. The van der Waals surface area contributed by atoms with Crippen LogP contribution in [0.3, 0.4) is 0 Å². The molecule has 4 heteroatoms. The lowest BCUT2D eigenvalue weighted by Gasteiger charge is -2.04. The molecule has 0 fully saturated rings. The molecule has 0 saturated heterocycles. The predicted octanol–water partition coefficient (Wildman–Crippen LogP) is -0.115. The van der Waals surface area contributed by atoms with Gasteiger partial charge in [-0.2, -0.15) is 0 Å². The minimum Gasteiger partial charge on any atom is -0.423 e. The average Bonchev–Trinajstić information content (AvgIpc) is 2.25. The van der Waals surface area contributed by atoms with Crippen LogP contribution in [0.1, 0.15) is 34.9 Å². The molecule has 0 aliphatic rings. The van der Waals surface area contributed by atoms with Gasteiger partial charge in [-0.15, -0.1) is 0 Å². The first-order valence-corrected chi connectivity index (χ1v) is 3.24. The van der Waals surface area contributed by atoms with Gasteiger partial charge in [0.2, 0.25) is 0 Å². The lowest BCUT2D eigenvalue weighted by Crippen LogP contribution is -2.30. The highest BCUT2D eigenvalue weighted by Crippen LogP contribution is 2.08. The Morgan fingerprint density at radius 2 is 2.33 bits per heavy atom. The van der Waals surface area contributed by atoms with Crippen LogP contribution in [-0.2, 0) is 0 Å². The smallest absolute Gasteiger partial charge is 0.423 e. The standard InChI is InChI=1S/C8H12BNO2/c1-6(2)8-4-3-7(5-10-8)9(11)12/h3-6,11-12H,1-2H3/i1D3,2D3,6D. The summed E-state index contributed by atoms with van der Waals surface area (Å²) in [6, 6.07) is 2.12. The molecule has 1 rings (SSSR count). The second kappa shape index (κ2) is 3.69. The molecule has 0 aromatic carbocycles. The van der Waals surface area contributed by atoms with Crippen molar-refractivity contribution in [3.63, 3.8) is 0 Å². The fourth-order valence-corrected chi connectivity index (χ4v) is 0.706. The third-order valence-electron chi connectivity index (χ3n) is 1.34. The molecule has 0 aliphatic heterocycles. The largest absolute Gasteiger partial charge is 0.490 e. The van der Waals surface area contributed by atoms with E-state index in [0.717, 1.165) is 18.3 Å². The third-order valence-corrected chi connectivity index (χ3v) is 1.34. The van der Waals surface area contributed by atoms with Gasteiger partial charge in [0.25, 0.3) is 0 Å². The van der Waals surface area contributed by atoms with Crippen LogP contribution >= 0.6 is 0 Å². The van der Waals surface area contributed by atoms with Crippen molar-refractivity contribution in [2.24, 2.45) is 0 Å². The zero-order valence-electron chi connectivity index (χ0n) is 13.2. The second-order valence-electron chi connectivity index (χ2n) is 2.23. The van der Waals surface area contributed by atoms with Crippen LogP contribution in [0.4, 0.5) is 0 Å². The van der Waals surface area contributed by atoms with E-state index >= 15 is 0 Å². The molecule has 0 spiro atoms. The monoisotopic (exact) mass is 172 g/mol. The van der Waals surface area contributed by atoms with Gasteiger partial charge in [-0.05, 0) is 12.0 Å². The Morgan fingerprint density at radius 1 is 1.58 bits per heavy atom. The molecular formula is C8H12BNO2. The molecule has 0 atom stereocenters. The zero-order chi connectivity index (χ0) is 15.1. The van der Waals surface area contributed by atoms with Crippen molar-refractivity contribution in [2.45, 2.75) is 19.6 Å². The Balaban J connectivity index is 3.36. The highest BCUT2D eigenvalue weighted by Gasteiger charge is 2.10. The van der Waals surface area contributed by atoms with Gasteiger partial charge in [0.15, 0.2) is 0 Å². The predicted molar refractivity (Wildman–Crippen MR) is 48.2 cm³/mol. The molecule has 1 aromatic rings. The summed E-state index contributed by atoms with van der Waals surface area (Å²) in [5.41, 5.74) is -0.501. The van der Waals surface area contributed by atoms with Crippen molar-refractivity contribution >= 4 is 12.6 Å². The lowest BCUT2D eigenvalue weighted by molar-refractivity contribution is 0.425. The maximum absolute atomic E-state index is 8.88. The van der Waals surface area contributed by atoms with E-state index in [1.807, 2.05) is 0 Å². The van der Waals surface area contributed by atoms with Crippen molar-refractivity contribution in [3.8, 4) is 0 Å². The summed E-state index contributed by atoms with van der Waals surface area (Å²) in [5, 5.41) is 17.8. The first-order valence-electron chi connectivity index (χ1n) is 6.74. The van der Waals surface area contributed by atoms with E-state index < -0.39 is 32.4 Å². The van der Waals surface area contributed by atoms with Crippen LogP contribution in [0.2, 0.25) is 0 Å². The molecule has 0 bridgehead atoms. The molecule has 0 aliphatic carbocycles. The molecule has 0 saturated carbocycles. The van der Waals surface area contributed by atoms with Crippen LogP contribution in [0.5, 0.6) is 0 Å². The zero-order valence-corrected chi connectivity index (χ0v) is 6.15. The first kappa shape index (κ1) is 3.48. The van der Waals surface area contributed by atoms with Gasteiger partial charge in [-0.3, -0.25) is 4.98 Å². The van der Waals surface area contributed by atoms with E-state index in [2.05, 4.69) is 4.98 Å². The molecule has 3 nitrogen and oxygen atoms in total. The molecule has 12 heavy (non-hydrogen) atoms. The number of aromatic nitrogens is 1. The summed E-state index contributed by atoms with van der Waals surface area (Å²) in [5.74, 6) is -2.88. The van der Waals surface area contributed by atoms with Crippen LogP contribution in [0.15, 0.2) is 18.3 Å². The number of pyridine rings is 1. The Morgan fingerprint density at radius 3 is 2.75 bits per heavy atom. The van der Waals surface area contributed by atoms with E-state index in [1.165, 1.54) is 0 Å². The Kier molecular flexibility index (Phi) is 1.07. The Labute approximate surface area is 82.1 Å². The summed E-state index contributed by atoms with van der Waals surface area (Å²) < 4.78 is 51.4. The van der Waals surface area contributed by atoms with Gasteiger partial charge in [-0.1, -0.05) is 19.8 Å². The van der Waals surface area contributed by atoms with Gasteiger partial charge in [0.1, 0.15) is 0 Å². The molecule has 0 radical (unpaired) electrons. The minimum atomic E-state index is -3.11. The van der Waals surface area contributed by atoms with Crippen LogP contribution in [-0.4, -0.2) is 22.2 Å². The molecule has 64 valence electrons. The van der Waals surface area contributed by atoms with Gasteiger partial charge in [0.05, 0.1) is 0 Å². The van der Waals surface area contributed by atoms with E-state index in [1.54, 1.807) is 0 Å². The fourth-order valence-electron chi connectivity index (χ4n) is 0.706. The highest BCUT2D eigenvalue weighted by atomic mass is 16.4. The molecule has 1 aromatic heterocycles. The maximum Gasteiger partial charge on any atom is 0.490 e. The van der Waals surface area contributed by atoms with Crippen molar-refractivity contribution in [1.29, 1.82) is 0 Å². The van der Waals surface area contributed by atoms with Gasteiger partial charge in [0, 0.05) is 26.9 Å². The van der Waals surface area contributed by atoms with Crippen LogP contribution in [0, 0.1) is 0 Å². The number of nitrogens with zero attached hydrogens (tertiary/aromatic N) is 1. The van der Waals surface area contributed by atoms with Crippen molar-refractivity contribution in [2.75, 3.05) is 0 Å². The van der Waals surface area contributed by atoms with E-state index in [9.17, 15) is 0 Å². The normalized spacial score (nSPS) is 22.0. The third kappa shape index (κ3) is 2.06. The van der Waals surface area contributed by atoms with Crippen LogP contribution < -0.4 is 5.46 Å². The minimum absolute atomic E-state index is 0.0258. The number of hydrogen-bond acceptors (Lipinski definition) is 3. The van der Waals surface area contributed by atoms with Gasteiger partial charge < -0.3 is 10.0 Å².